The van der Waals surface area contributed by atoms with Crippen LogP contribution in [0.4, 0.5) is 0 Å². The van der Waals surface area contributed by atoms with Crippen LogP contribution in [0.25, 0.3) is 0 Å². The molecule has 1 aromatic rings. The number of thioether (sulfide) groups is 1. The van der Waals surface area contributed by atoms with Crippen molar-refractivity contribution in [3.8, 4) is 0 Å². The van der Waals surface area contributed by atoms with Gasteiger partial charge in [-0.3, -0.25) is 4.52 Å². The van der Waals surface area contributed by atoms with E-state index >= 15 is 0 Å². The summed E-state index contributed by atoms with van der Waals surface area (Å²) >= 11 is 1.58. The summed E-state index contributed by atoms with van der Waals surface area (Å²) in [7, 11) is -4.29. The van der Waals surface area contributed by atoms with Gasteiger partial charge >= 0.3 is 7.82 Å². The fraction of sp³-hybridized carbons (Fsp3) is 0.333. The van der Waals surface area contributed by atoms with Crippen molar-refractivity contribution in [2.24, 2.45) is 0 Å². The summed E-state index contributed by atoms with van der Waals surface area (Å²) in [5.41, 5.74) is 1.19. The van der Waals surface area contributed by atoms with E-state index in [0.29, 0.717) is 5.75 Å². The van der Waals surface area contributed by atoms with Crippen molar-refractivity contribution < 1.29 is 18.9 Å². The molecule has 15 heavy (non-hydrogen) atoms. The lowest BCUT2D eigenvalue weighted by Crippen LogP contribution is -1.95. The first kappa shape index (κ1) is 12.7. The zero-order chi connectivity index (χ0) is 11.1. The molecule has 0 aliphatic carbocycles. The molecule has 0 spiro atoms. The smallest absolute Gasteiger partial charge is 0.303 e. The Hall–Kier alpha value is -0.320. The molecule has 2 N–H and O–H groups in total. The van der Waals surface area contributed by atoms with E-state index in [9.17, 15) is 4.57 Å². The van der Waals surface area contributed by atoms with Crippen molar-refractivity contribution in [3.05, 3.63) is 35.9 Å². The fourth-order valence-corrected chi connectivity index (χ4v) is 2.21. The molecule has 0 heterocycles. The second-order valence-electron chi connectivity index (χ2n) is 2.86. The van der Waals surface area contributed by atoms with Crippen LogP contribution < -0.4 is 0 Å². The summed E-state index contributed by atoms with van der Waals surface area (Å²) in [6.45, 7) is 0.0712. The molecule has 0 fully saturated rings. The fourth-order valence-electron chi connectivity index (χ4n) is 0.979. The molecule has 0 atom stereocenters. The molecule has 0 radical (unpaired) electrons. The average Bonchev–Trinajstić information content (AvgIpc) is 2.17. The van der Waals surface area contributed by atoms with Crippen LogP contribution in [0.3, 0.4) is 0 Å². The van der Waals surface area contributed by atoms with Crippen molar-refractivity contribution in [1.82, 2.24) is 0 Å². The largest absolute Gasteiger partial charge is 0.469 e. The third-order valence-electron chi connectivity index (χ3n) is 1.60. The lowest BCUT2D eigenvalue weighted by molar-refractivity contribution is 0.208. The first-order valence-corrected chi connectivity index (χ1v) is 7.08. The molecular weight excluding hydrogens is 235 g/mol. The molecule has 0 unspecified atom stereocenters. The van der Waals surface area contributed by atoms with Gasteiger partial charge in [-0.1, -0.05) is 30.3 Å². The lowest BCUT2D eigenvalue weighted by Gasteiger charge is -2.04. The highest BCUT2D eigenvalue weighted by molar-refractivity contribution is 7.98. The Morgan fingerprint density at radius 1 is 1.27 bits per heavy atom. The Kier molecular flexibility index (Phi) is 5.36. The zero-order valence-electron chi connectivity index (χ0n) is 8.07. The van der Waals surface area contributed by atoms with Crippen LogP contribution in [0, 0.1) is 0 Å². The van der Waals surface area contributed by atoms with Gasteiger partial charge in [0.1, 0.15) is 0 Å². The highest BCUT2D eigenvalue weighted by Crippen LogP contribution is 2.35. The van der Waals surface area contributed by atoms with E-state index in [2.05, 4.69) is 4.52 Å². The van der Waals surface area contributed by atoms with E-state index in [0.717, 1.165) is 5.75 Å². The van der Waals surface area contributed by atoms with Gasteiger partial charge in [-0.15, -0.1) is 0 Å². The van der Waals surface area contributed by atoms with Crippen molar-refractivity contribution in [1.29, 1.82) is 0 Å². The molecule has 6 heteroatoms. The maximum atomic E-state index is 10.3. The maximum Gasteiger partial charge on any atom is 0.469 e. The van der Waals surface area contributed by atoms with Gasteiger partial charge in [-0.2, -0.15) is 11.8 Å². The highest BCUT2D eigenvalue weighted by atomic mass is 32.2. The minimum absolute atomic E-state index is 0.0712. The minimum atomic E-state index is -4.29. The van der Waals surface area contributed by atoms with Crippen LogP contribution in [0.5, 0.6) is 0 Å². The van der Waals surface area contributed by atoms with E-state index < -0.39 is 7.82 Å². The number of hydrogen-bond donors (Lipinski definition) is 2. The summed E-state index contributed by atoms with van der Waals surface area (Å²) in [5.74, 6) is 1.39. The van der Waals surface area contributed by atoms with E-state index in [4.69, 9.17) is 9.79 Å². The number of hydrogen-bond acceptors (Lipinski definition) is 3. The molecule has 4 nitrogen and oxygen atoms in total. The predicted octanol–water partition coefficient (Wildman–Crippen LogP) is 2.03. The molecule has 0 aliphatic rings. The van der Waals surface area contributed by atoms with Gasteiger partial charge in [0.2, 0.25) is 0 Å². The van der Waals surface area contributed by atoms with Gasteiger partial charge in [0.15, 0.2) is 0 Å². The predicted molar refractivity (Wildman–Crippen MR) is 60.6 cm³/mol. The third kappa shape index (κ3) is 6.71. The summed E-state index contributed by atoms with van der Waals surface area (Å²) in [6, 6.07) is 9.89. The van der Waals surface area contributed by atoms with E-state index in [1.54, 1.807) is 11.8 Å². The maximum absolute atomic E-state index is 10.3. The van der Waals surface area contributed by atoms with Crippen LogP contribution in [0.2, 0.25) is 0 Å². The second-order valence-corrected chi connectivity index (χ2v) is 5.21. The monoisotopic (exact) mass is 248 g/mol. The molecule has 0 saturated heterocycles. The Morgan fingerprint density at radius 2 is 1.93 bits per heavy atom. The summed E-state index contributed by atoms with van der Waals surface area (Å²) in [4.78, 5) is 16.8. The van der Waals surface area contributed by atoms with Crippen LogP contribution >= 0.6 is 19.6 Å². The third-order valence-corrected chi connectivity index (χ3v) is 3.11. The van der Waals surface area contributed by atoms with Gasteiger partial charge in [0.05, 0.1) is 6.61 Å². The topological polar surface area (TPSA) is 66.8 Å². The Balaban J connectivity index is 2.10. The first-order valence-electron chi connectivity index (χ1n) is 4.40. The number of benzene rings is 1. The first-order chi connectivity index (χ1) is 7.08. The minimum Gasteiger partial charge on any atom is -0.303 e. The highest BCUT2D eigenvalue weighted by Gasteiger charge is 2.12. The zero-order valence-corrected chi connectivity index (χ0v) is 9.79. The van der Waals surface area contributed by atoms with E-state index in [1.165, 1.54) is 5.56 Å². The molecule has 0 bridgehead atoms. The van der Waals surface area contributed by atoms with Crippen molar-refractivity contribution in [2.75, 3.05) is 12.4 Å². The van der Waals surface area contributed by atoms with Gasteiger partial charge in [0.25, 0.3) is 0 Å². The van der Waals surface area contributed by atoms with Gasteiger partial charge in [0, 0.05) is 11.5 Å². The standard InChI is InChI=1S/C9H13O4PS/c10-14(11,12)13-6-7-15-8-9-4-2-1-3-5-9/h1-5H,6-8H2,(H2,10,11,12). The Labute approximate surface area is 92.9 Å². The number of rotatable bonds is 6. The molecule has 1 rings (SSSR count). The van der Waals surface area contributed by atoms with Gasteiger partial charge < -0.3 is 9.79 Å². The number of phosphoric ester groups is 1. The normalized spacial score (nSPS) is 11.6. The Bertz CT molecular complexity index is 324. The van der Waals surface area contributed by atoms with Gasteiger partial charge in [-0.25, -0.2) is 4.57 Å². The molecule has 0 aliphatic heterocycles. The number of phosphoric acid groups is 1. The van der Waals surface area contributed by atoms with Crippen molar-refractivity contribution in [3.63, 3.8) is 0 Å². The van der Waals surface area contributed by atoms with Crippen molar-refractivity contribution >= 4 is 19.6 Å². The molecule has 1 aromatic carbocycles. The molecule has 0 aromatic heterocycles. The van der Waals surface area contributed by atoms with Crippen LogP contribution in [-0.4, -0.2) is 22.1 Å². The van der Waals surface area contributed by atoms with Crippen molar-refractivity contribution in [2.45, 2.75) is 5.75 Å². The second kappa shape index (κ2) is 6.30. The van der Waals surface area contributed by atoms with E-state index in [1.807, 2.05) is 30.3 Å². The van der Waals surface area contributed by atoms with Crippen LogP contribution in [-0.2, 0) is 14.8 Å². The summed E-state index contributed by atoms with van der Waals surface area (Å²) < 4.78 is 14.6. The van der Waals surface area contributed by atoms with E-state index in [-0.39, 0.29) is 6.61 Å². The van der Waals surface area contributed by atoms with Crippen LogP contribution in [0.15, 0.2) is 30.3 Å². The molecular formula is C9H13O4PS. The SMILES string of the molecule is O=P(O)(O)OCCSCc1ccccc1. The summed E-state index contributed by atoms with van der Waals surface area (Å²) in [5, 5.41) is 0. The molecule has 0 amide bonds. The van der Waals surface area contributed by atoms with Gasteiger partial charge in [-0.05, 0) is 5.56 Å². The Morgan fingerprint density at radius 3 is 2.53 bits per heavy atom. The lowest BCUT2D eigenvalue weighted by atomic mass is 10.2. The summed E-state index contributed by atoms with van der Waals surface area (Å²) in [6.07, 6.45) is 0. The van der Waals surface area contributed by atoms with Crippen LogP contribution in [0.1, 0.15) is 5.56 Å². The molecule has 0 saturated carbocycles. The molecule has 84 valence electrons. The average molecular weight is 248 g/mol. The quantitative estimate of drug-likeness (QED) is 0.595.